The third-order valence-electron chi connectivity index (χ3n) is 14.8. The van der Waals surface area contributed by atoms with E-state index >= 15 is 0 Å². The van der Waals surface area contributed by atoms with Crippen molar-refractivity contribution >= 4 is 81.9 Å². The van der Waals surface area contributed by atoms with Crippen molar-refractivity contribution in [1.29, 1.82) is 0 Å². The fraction of sp³-hybridized carbons (Fsp3) is 0.403. The average molecular weight is 1390 g/mol. The quantitative estimate of drug-likeness (QED) is 0.0188. The molecule has 12 N–H and O–H groups in total. The van der Waals surface area contributed by atoms with Crippen LogP contribution >= 0.6 is 0 Å². The van der Waals surface area contributed by atoms with E-state index in [-0.39, 0.29) is 159 Å². The number of rotatable bonds is 43. The van der Waals surface area contributed by atoms with Crippen LogP contribution in [0.5, 0.6) is 5.88 Å². The van der Waals surface area contributed by atoms with Crippen LogP contribution in [0, 0.1) is 18.7 Å². The molecule has 9 amide bonds. The number of carbonyl (C=O) groups excluding carboxylic acids is 8. The number of anilines is 2. The smallest absolute Gasteiger partial charge is 0.407 e. The molecule has 3 atom stereocenters. The number of primary amides is 1. The fourth-order valence-electron chi connectivity index (χ4n) is 9.76. The van der Waals surface area contributed by atoms with Crippen LogP contribution in [0.2, 0.25) is 0 Å². The lowest BCUT2D eigenvalue weighted by molar-refractivity contribution is -0.139. The molecular formula is C67H81FN14O18. The van der Waals surface area contributed by atoms with Crippen molar-refractivity contribution in [2.45, 2.75) is 90.6 Å². The molecule has 7 rings (SSSR count). The molecule has 33 heteroatoms. The number of urea groups is 1. The molecule has 3 aromatic heterocycles. The number of aliphatic carboxylic acids is 1. The summed E-state index contributed by atoms with van der Waals surface area (Å²) in [5.41, 5.74) is 10.1. The van der Waals surface area contributed by atoms with Crippen LogP contribution in [-0.2, 0) is 70.4 Å². The first-order chi connectivity index (χ1) is 48.1. The summed E-state index contributed by atoms with van der Waals surface area (Å²) in [4.78, 5) is 148. The number of halogens is 1. The summed E-state index contributed by atoms with van der Waals surface area (Å²) in [6.07, 6.45) is 2.33. The monoisotopic (exact) mass is 1390 g/mol. The summed E-state index contributed by atoms with van der Waals surface area (Å²) in [5.74, 6) is -6.33. The first-order valence-corrected chi connectivity index (χ1v) is 32.1. The Labute approximate surface area is 573 Å². The maximum Gasteiger partial charge on any atom is 0.407 e. The van der Waals surface area contributed by atoms with Gasteiger partial charge in [-0.2, -0.15) is 0 Å². The molecule has 1 aliphatic heterocycles. The number of nitrogens with two attached hydrogens (primary N) is 1. The van der Waals surface area contributed by atoms with Crippen molar-refractivity contribution in [3.63, 3.8) is 0 Å². The Morgan fingerprint density at radius 3 is 2.05 bits per heavy atom. The number of pyridine rings is 1. The van der Waals surface area contributed by atoms with Gasteiger partial charge in [0.25, 0.3) is 11.8 Å². The van der Waals surface area contributed by atoms with Crippen LogP contribution in [0.4, 0.5) is 25.4 Å². The molecule has 100 heavy (non-hydrogen) atoms. The highest BCUT2D eigenvalue weighted by Crippen LogP contribution is 2.32. The lowest BCUT2D eigenvalue weighted by Gasteiger charge is -2.26. The number of hydrogen-bond donors (Lipinski definition) is 11. The van der Waals surface area contributed by atoms with Crippen LogP contribution in [0.15, 0.2) is 97.2 Å². The third kappa shape index (κ3) is 25.4. The van der Waals surface area contributed by atoms with Crippen molar-refractivity contribution in [1.82, 2.24) is 56.4 Å². The lowest BCUT2D eigenvalue weighted by atomic mass is 10.0. The number of aromatic nitrogens is 5. The summed E-state index contributed by atoms with van der Waals surface area (Å²) in [7, 11) is 0. The van der Waals surface area contributed by atoms with Crippen molar-refractivity contribution in [2.24, 2.45) is 11.7 Å². The van der Waals surface area contributed by atoms with Gasteiger partial charge in [-0.25, -0.2) is 33.7 Å². The predicted octanol–water partition coefficient (Wildman–Crippen LogP) is 4.28. The fourth-order valence-corrected chi connectivity index (χ4v) is 9.76. The number of aromatic amines is 1. The number of H-pyrrole nitrogens is 1. The number of aryl methyl sites for hydroxylation is 1. The molecule has 4 heterocycles. The predicted molar refractivity (Wildman–Crippen MR) is 357 cm³/mol. The van der Waals surface area contributed by atoms with Crippen molar-refractivity contribution in [3.8, 4) is 28.5 Å². The highest BCUT2D eigenvalue weighted by atomic mass is 19.1. The third-order valence-corrected chi connectivity index (χ3v) is 14.8. The van der Waals surface area contributed by atoms with Gasteiger partial charge in [0, 0.05) is 48.5 Å². The number of benzene rings is 3. The molecule has 0 saturated carbocycles. The molecule has 0 unspecified atom stereocenters. The largest absolute Gasteiger partial charge is 0.481 e. The van der Waals surface area contributed by atoms with Crippen LogP contribution in [0.25, 0.3) is 33.7 Å². The Balaban J connectivity index is 0.847. The molecule has 32 nitrogen and oxygen atoms in total. The van der Waals surface area contributed by atoms with Gasteiger partial charge in [0.2, 0.25) is 29.5 Å². The van der Waals surface area contributed by atoms with E-state index in [0.29, 0.717) is 50.8 Å². The minimum Gasteiger partial charge on any atom is -0.481 e. The zero-order chi connectivity index (χ0) is 71.9. The van der Waals surface area contributed by atoms with E-state index in [1.807, 2.05) is 25.1 Å². The number of alkyl carbamates (subject to hydrolysis) is 1. The number of carboxylic acid groups (broad SMARTS) is 2. The Morgan fingerprint density at radius 2 is 1.37 bits per heavy atom. The van der Waals surface area contributed by atoms with Crippen molar-refractivity contribution < 1.29 is 91.0 Å². The summed E-state index contributed by atoms with van der Waals surface area (Å²) in [6.45, 7) is 6.90. The molecule has 3 aromatic carbocycles. The Bertz CT molecular complexity index is 3840. The van der Waals surface area contributed by atoms with Crippen LogP contribution in [-0.4, -0.2) is 197 Å². The number of imidazole rings is 1. The molecule has 0 saturated heterocycles. The number of carbonyl (C=O) groups is 10. The van der Waals surface area contributed by atoms with Crippen molar-refractivity contribution in [2.75, 3.05) is 89.7 Å². The van der Waals surface area contributed by atoms with Gasteiger partial charge in [-0.3, -0.25) is 43.4 Å². The van der Waals surface area contributed by atoms with E-state index in [1.54, 1.807) is 56.3 Å². The second-order valence-electron chi connectivity index (χ2n) is 23.0. The Hall–Kier alpha value is -11.0. The van der Waals surface area contributed by atoms with Crippen LogP contribution in [0.3, 0.4) is 0 Å². The van der Waals surface area contributed by atoms with Gasteiger partial charge in [0.15, 0.2) is 0 Å². The van der Waals surface area contributed by atoms with Gasteiger partial charge in [-0.15, -0.1) is 0 Å². The van der Waals surface area contributed by atoms with E-state index in [0.717, 1.165) is 16.7 Å². The number of amides is 9. The van der Waals surface area contributed by atoms with E-state index in [4.69, 9.17) is 39.1 Å². The molecule has 534 valence electrons. The summed E-state index contributed by atoms with van der Waals surface area (Å²) < 4.78 is 47.7. The molecule has 0 aliphatic carbocycles. The number of fused-ring (bicyclic) bond motifs is 1. The van der Waals surface area contributed by atoms with Gasteiger partial charge in [-0.1, -0.05) is 38.1 Å². The molecule has 6 aromatic rings. The van der Waals surface area contributed by atoms with Gasteiger partial charge >= 0.3 is 24.1 Å². The minimum atomic E-state index is -1.37. The highest BCUT2D eigenvalue weighted by Gasteiger charge is 2.31. The summed E-state index contributed by atoms with van der Waals surface area (Å²) >= 11 is 0. The molecule has 1 aliphatic rings. The first-order valence-electron chi connectivity index (χ1n) is 32.1. The Morgan fingerprint density at radius 1 is 0.690 bits per heavy atom. The number of nitrogens with zero attached hydrogens (tertiary/aromatic N) is 5. The number of aromatic carboxylic acids is 1. The van der Waals surface area contributed by atoms with E-state index in [2.05, 4.69) is 57.2 Å². The molecule has 0 radical (unpaired) electrons. The molecule has 0 spiro atoms. The minimum absolute atomic E-state index is 0.000247. The van der Waals surface area contributed by atoms with Crippen LogP contribution in [0.1, 0.15) is 79.8 Å². The summed E-state index contributed by atoms with van der Waals surface area (Å²) in [6, 6.07) is 16.0. The number of ether oxygens (including phenoxy) is 6. The lowest BCUT2D eigenvalue weighted by Crippen LogP contribution is -2.56. The second-order valence-corrected chi connectivity index (χ2v) is 23.0. The second kappa shape index (κ2) is 39.4. The van der Waals surface area contributed by atoms with Gasteiger partial charge in [-0.05, 0) is 98.7 Å². The number of carboxylic acids is 2. The number of nitrogens with one attached hydrogen (secondary N) is 8. The maximum absolute atomic E-state index is 14.7. The molecule has 0 fully saturated rings. The first kappa shape index (κ1) is 76.3. The van der Waals surface area contributed by atoms with Gasteiger partial charge in [0.1, 0.15) is 48.7 Å². The highest BCUT2D eigenvalue weighted by molar-refractivity contribution is 6.13. The number of imide groups is 1. The SMILES string of the molecule is Cc1cccc(-c2nc(CNc3cc(C(=O)O)ccc3F)[nH]c2-c2ccc3ncc(OCCNC(=O)OCc4ccc(NC(=O)[C@H](CCCNC(N)=O)NC(=O)[C@H](CC(C)C)NC(=O)[C@H](CCC(=O)O)NC(=O)CCOCCOCCOCCOCCN5C(=O)C=CC5=O)cc4)nc3c2)n1. The van der Waals surface area contributed by atoms with E-state index < -0.39 is 78.1 Å². The number of hydrogen-bond acceptors (Lipinski definition) is 21. The van der Waals surface area contributed by atoms with E-state index in [1.165, 1.54) is 30.5 Å². The summed E-state index contributed by atoms with van der Waals surface area (Å²) in [5, 5.41) is 37.5. The van der Waals surface area contributed by atoms with Gasteiger partial charge < -0.3 is 86.6 Å². The molecule has 0 bridgehead atoms. The average Bonchev–Trinajstić information content (AvgIpc) is 1.58. The topological polar surface area (TPSA) is 447 Å². The maximum atomic E-state index is 14.7. The standard InChI is InChI=1S/C67H81FN14O18/c1-40(2)34-53(79-63(89)50(17-20-59(86)87)76-55(83)21-25-95-28-30-97-32-33-98-31-29-96-27-24-82-57(84)18-19-58(82)85)64(90)78-49(8-5-22-70-66(69)93)62(88)75-45-13-9-42(10-14-45)39-100-67(94)71-23-26-99-56-38-73-47-16-12-43(35-52(47)77-56)60-61(48-7-4-6-41(3)74-48)81-54(80-60)37-72-51-36-44(65(91)92)11-15-46(51)68/h4,6-7,9-16,18-19,35-36,38,40,49-50,53,72H,5,8,17,20-34,37,39H2,1-3H3,(H,71,94)(H,75,88)(H,76,83)(H,78,90)(H,79,89)(H,80,81)(H,86,87)(H,91,92)(H3,69,70,93)/t49-,50-,53-/m0/s1. The van der Waals surface area contributed by atoms with Gasteiger partial charge in [0.05, 0.1) is 112 Å². The van der Waals surface area contributed by atoms with E-state index in [9.17, 15) is 62.5 Å². The zero-order valence-corrected chi connectivity index (χ0v) is 55.3. The zero-order valence-electron chi connectivity index (χ0n) is 55.3. The Kier molecular flexibility index (Phi) is 30.1. The normalized spacial score (nSPS) is 12.8. The van der Waals surface area contributed by atoms with Crippen molar-refractivity contribution in [3.05, 3.63) is 126 Å². The van der Waals surface area contributed by atoms with Crippen LogP contribution < -0.4 is 47.7 Å². The molecular weight excluding hydrogens is 1310 g/mol.